The van der Waals surface area contributed by atoms with E-state index in [1.54, 1.807) is 32.3 Å². The highest BCUT2D eigenvalue weighted by Gasteiger charge is 2.28. The zero-order valence-corrected chi connectivity index (χ0v) is 18.3. The van der Waals surface area contributed by atoms with E-state index < -0.39 is 11.4 Å². The minimum atomic E-state index is -0.993. The SMILES string of the molecule is CC(C)(COc1ccc(-c2ccc(-c3nc(-c4ccccc4)c(Cl)[nH]3)cn2)cn1)C(=O)O. The van der Waals surface area contributed by atoms with Gasteiger partial charge in [-0.05, 0) is 32.0 Å². The van der Waals surface area contributed by atoms with Crippen molar-refractivity contribution >= 4 is 17.6 Å². The Morgan fingerprint density at radius 3 is 2.34 bits per heavy atom. The Bertz CT molecular complexity index is 1220. The molecule has 0 amide bonds. The molecule has 0 unspecified atom stereocenters. The van der Waals surface area contributed by atoms with Crippen LogP contribution in [0.4, 0.5) is 0 Å². The number of carboxylic acid groups (broad SMARTS) is 1. The van der Waals surface area contributed by atoms with Gasteiger partial charge in [0.1, 0.15) is 23.3 Å². The lowest BCUT2D eigenvalue weighted by Crippen LogP contribution is -2.30. The highest BCUT2D eigenvalue weighted by atomic mass is 35.5. The number of halogens is 1. The fraction of sp³-hybridized carbons (Fsp3) is 0.167. The van der Waals surface area contributed by atoms with Crippen molar-refractivity contribution in [1.82, 2.24) is 19.9 Å². The van der Waals surface area contributed by atoms with Gasteiger partial charge >= 0.3 is 5.97 Å². The van der Waals surface area contributed by atoms with E-state index >= 15 is 0 Å². The van der Waals surface area contributed by atoms with Gasteiger partial charge in [0, 0.05) is 35.2 Å². The first-order valence-corrected chi connectivity index (χ1v) is 10.3. The second-order valence-corrected chi connectivity index (χ2v) is 8.29. The molecule has 162 valence electrons. The van der Waals surface area contributed by atoms with E-state index in [9.17, 15) is 4.79 Å². The van der Waals surface area contributed by atoms with Crippen molar-refractivity contribution in [3.8, 4) is 39.8 Å². The first-order chi connectivity index (χ1) is 15.3. The van der Waals surface area contributed by atoms with Crippen LogP contribution in [0.5, 0.6) is 5.88 Å². The zero-order valence-electron chi connectivity index (χ0n) is 17.5. The quantitative estimate of drug-likeness (QED) is 0.395. The smallest absolute Gasteiger partial charge is 0.312 e. The van der Waals surface area contributed by atoms with Crippen LogP contribution in [0.25, 0.3) is 33.9 Å². The topological polar surface area (TPSA) is 101 Å². The molecule has 8 heteroatoms. The number of pyridine rings is 2. The van der Waals surface area contributed by atoms with Crippen LogP contribution < -0.4 is 4.74 Å². The summed E-state index contributed by atoms with van der Waals surface area (Å²) in [6.07, 6.45) is 3.36. The molecule has 1 aromatic carbocycles. The molecule has 0 fully saturated rings. The lowest BCUT2D eigenvalue weighted by atomic mass is 9.95. The number of hydrogen-bond acceptors (Lipinski definition) is 5. The third-order valence-corrected chi connectivity index (χ3v) is 5.21. The number of nitrogens with one attached hydrogen (secondary N) is 1. The largest absolute Gasteiger partial charge is 0.481 e. The summed E-state index contributed by atoms with van der Waals surface area (Å²) in [5, 5.41) is 9.64. The van der Waals surface area contributed by atoms with E-state index in [2.05, 4.69) is 19.9 Å². The highest BCUT2D eigenvalue weighted by Crippen LogP contribution is 2.29. The fourth-order valence-electron chi connectivity index (χ4n) is 2.91. The maximum atomic E-state index is 11.2. The molecule has 4 rings (SSSR count). The maximum absolute atomic E-state index is 11.2. The van der Waals surface area contributed by atoms with Crippen LogP contribution in [0.15, 0.2) is 67.0 Å². The molecule has 0 spiro atoms. The number of aromatic amines is 1. The maximum Gasteiger partial charge on any atom is 0.312 e. The first-order valence-electron chi connectivity index (χ1n) is 9.93. The van der Waals surface area contributed by atoms with Crippen molar-refractivity contribution < 1.29 is 14.6 Å². The van der Waals surface area contributed by atoms with Gasteiger partial charge in [-0.1, -0.05) is 41.9 Å². The van der Waals surface area contributed by atoms with Crippen molar-refractivity contribution in [3.05, 3.63) is 72.1 Å². The lowest BCUT2D eigenvalue weighted by Gasteiger charge is -2.18. The molecule has 0 saturated heterocycles. The Morgan fingerprint density at radius 2 is 1.72 bits per heavy atom. The average molecular weight is 449 g/mol. The van der Waals surface area contributed by atoms with Crippen LogP contribution in [0.3, 0.4) is 0 Å². The monoisotopic (exact) mass is 448 g/mol. The summed E-state index contributed by atoms with van der Waals surface area (Å²) in [4.78, 5) is 27.7. The van der Waals surface area contributed by atoms with Crippen molar-refractivity contribution in [2.45, 2.75) is 13.8 Å². The molecule has 0 atom stereocenters. The number of nitrogens with zero attached hydrogens (tertiary/aromatic N) is 3. The Labute approximate surface area is 190 Å². The van der Waals surface area contributed by atoms with E-state index in [1.807, 2.05) is 48.5 Å². The number of aliphatic carboxylic acids is 1. The van der Waals surface area contributed by atoms with Gasteiger partial charge in [0.25, 0.3) is 0 Å². The summed E-state index contributed by atoms with van der Waals surface area (Å²) < 4.78 is 5.51. The average Bonchev–Trinajstić information content (AvgIpc) is 3.20. The molecule has 0 radical (unpaired) electrons. The molecular formula is C24H21ClN4O3. The molecule has 0 aliphatic rings. The number of hydrogen-bond donors (Lipinski definition) is 2. The number of imidazole rings is 1. The second kappa shape index (κ2) is 8.80. The predicted octanol–water partition coefficient (Wildman–Crippen LogP) is 5.34. The van der Waals surface area contributed by atoms with Crippen LogP contribution >= 0.6 is 11.6 Å². The fourth-order valence-corrected chi connectivity index (χ4v) is 3.15. The summed E-state index contributed by atoms with van der Waals surface area (Å²) in [5.74, 6) is 0.0707. The van der Waals surface area contributed by atoms with Gasteiger partial charge in [0.05, 0.1) is 11.1 Å². The summed E-state index contributed by atoms with van der Waals surface area (Å²) in [5.41, 5.74) is 2.99. The third kappa shape index (κ3) is 4.63. The minimum absolute atomic E-state index is 0.0261. The number of carboxylic acids is 1. The van der Waals surface area contributed by atoms with Gasteiger partial charge in [-0.25, -0.2) is 9.97 Å². The number of H-pyrrole nitrogens is 1. The first kappa shape index (κ1) is 21.5. The Hall–Kier alpha value is -3.71. The van der Waals surface area contributed by atoms with E-state index in [1.165, 1.54) is 0 Å². The van der Waals surface area contributed by atoms with Crippen molar-refractivity contribution in [1.29, 1.82) is 0 Å². The Balaban J connectivity index is 1.48. The van der Waals surface area contributed by atoms with E-state index in [0.717, 1.165) is 22.4 Å². The standard InChI is InChI=1S/C24H21ClN4O3/c1-24(2,23(30)31)14-32-19-11-9-16(12-27-19)18-10-8-17(13-26-18)22-28-20(21(25)29-22)15-6-4-3-5-7-15/h3-13H,14H2,1-2H3,(H,28,29)(H,30,31). The minimum Gasteiger partial charge on any atom is -0.481 e. The van der Waals surface area contributed by atoms with Gasteiger partial charge in [0.2, 0.25) is 5.88 Å². The van der Waals surface area contributed by atoms with E-state index in [4.69, 9.17) is 21.4 Å². The summed E-state index contributed by atoms with van der Waals surface area (Å²) >= 11 is 6.35. The van der Waals surface area contributed by atoms with Crippen LogP contribution in [0.2, 0.25) is 5.15 Å². The molecule has 0 saturated carbocycles. The van der Waals surface area contributed by atoms with Crippen LogP contribution in [-0.4, -0.2) is 37.6 Å². The molecule has 3 aromatic heterocycles. The third-order valence-electron chi connectivity index (χ3n) is 4.94. The lowest BCUT2D eigenvalue weighted by molar-refractivity contribution is -0.148. The van der Waals surface area contributed by atoms with E-state index in [-0.39, 0.29) is 6.61 Å². The summed E-state index contributed by atoms with van der Waals surface area (Å²) in [6, 6.07) is 17.0. The molecule has 7 nitrogen and oxygen atoms in total. The van der Waals surface area contributed by atoms with E-state index in [0.29, 0.717) is 22.6 Å². The van der Waals surface area contributed by atoms with Crippen LogP contribution in [0.1, 0.15) is 13.8 Å². The number of ether oxygens (including phenoxy) is 1. The van der Waals surface area contributed by atoms with Crippen LogP contribution in [0, 0.1) is 5.41 Å². The Morgan fingerprint density at radius 1 is 1.00 bits per heavy atom. The molecule has 4 aromatic rings. The van der Waals surface area contributed by atoms with Crippen molar-refractivity contribution in [2.24, 2.45) is 5.41 Å². The summed E-state index contributed by atoms with van der Waals surface area (Å²) in [6.45, 7) is 3.23. The van der Waals surface area contributed by atoms with Gasteiger partial charge in [-0.3, -0.25) is 9.78 Å². The zero-order chi connectivity index (χ0) is 22.7. The van der Waals surface area contributed by atoms with Gasteiger partial charge < -0.3 is 14.8 Å². The molecule has 2 N–H and O–H groups in total. The molecule has 3 heterocycles. The predicted molar refractivity (Wildman–Crippen MR) is 122 cm³/mol. The second-order valence-electron chi connectivity index (χ2n) is 7.91. The molecule has 0 aliphatic heterocycles. The highest BCUT2D eigenvalue weighted by molar-refractivity contribution is 6.32. The van der Waals surface area contributed by atoms with Gasteiger partial charge in [-0.2, -0.15) is 0 Å². The van der Waals surface area contributed by atoms with Crippen molar-refractivity contribution in [3.63, 3.8) is 0 Å². The van der Waals surface area contributed by atoms with Crippen LogP contribution in [-0.2, 0) is 4.79 Å². The van der Waals surface area contributed by atoms with Gasteiger partial charge in [-0.15, -0.1) is 0 Å². The molecule has 32 heavy (non-hydrogen) atoms. The summed E-state index contributed by atoms with van der Waals surface area (Å²) in [7, 11) is 0. The Kier molecular flexibility index (Phi) is 5.92. The molecule has 0 bridgehead atoms. The molecular weight excluding hydrogens is 428 g/mol. The van der Waals surface area contributed by atoms with Gasteiger partial charge in [0.15, 0.2) is 0 Å². The van der Waals surface area contributed by atoms with Crippen molar-refractivity contribution in [2.75, 3.05) is 6.61 Å². The number of benzene rings is 1. The normalized spacial score (nSPS) is 11.3. The number of aromatic nitrogens is 4. The number of carbonyl (C=O) groups is 1. The number of rotatable bonds is 7. The molecule has 0 aliphatic carbocycles.